The third-order valence-electron chi connectivity index (χ3n) is 5.00. The average molecular weight is 392 g/mol. The summed E-state index contributed by atoms with van der Waals surface area (Å²) in [5, 5.41) is 2.61. The van der Waals surface area contributed by atoms with Crippen molar-refractivity contribution in [2.24, 2.45) is 11.3 Å². The van der Waals surface area contributed by atoms with Crippen LogP contribution in [-0.4, -0.2) is 5.33 Å². The van der Waals surface area contributed by atoms with Gasteiger partial charge in [0.05, 0.1) is 0 Å². The van der Waals surface area contributed by atoms with Crippen molar-refractivity contribution in [1.29, 1.82) is 0 Å². The molecule has 0 unspecified atom stereocenters. The summed E-state index contributed by atoms with van der Waals surface area (Å²) in [4.78, 5) is 0. The fraction of sp³-hybridized carbons (Fsp3) is 0.667. The molecule has 1 aromatic rings. The van der Waals surface area contributed by atoms with E-state index < -0.39 is 0 Å². The Kier molecular flexibility index (Phi) is 6.90. The van der Waals surface area contributed by atoms with Gasteiger partial charge in [0.25, 0.3) is 0 Å². The first kappa shape index (κ1) is 17.6. The highest BCUT2D eigenvalue weighted by atomic mass is 79.9. The van der Waals surface area contributed by atoms with Gasteiger partial charge in [-0.3, -0.25) is 0 Å². The molecule has 1 saturated carbocycles. The van der Waals surface area contributed by atoms with Gasteiger partial charge in [-0.15, -0.1) is 0 Å². The maximum absolute atomic E-state index is 6.37. The molecule has 0 amide bonds. The number of alkyl halides is 1. The zero-order valence-corrected chi connectivity index (χ0v) is 15.9. The van der Waals surface area contributed by atoms with Gasteiger partial charge in [-0.05, 0) is 61.1 Å². The summed E-state index contributed by atoms with van der Waals surface area (Å²) in [6, 6.07) is 5.92. The first-order chi connectivity index (χ1) is 10.1. The first-order valence-electron chi connectivity index (χ1n) is 8.08. The molecule has 118 valence electrons. The van der Waals surface area contributed by atoms with E-state index in [1.807, 2.05) is 12.1 Å². The van der Waals surface area contributed by atoms with Gasteiger partial charge in [-0.1, -0.05) is 71.4 Å². The van der Waals surface area contributed by atoms with Crippen LogP contribution in [0, 0.1) is 11.3 Å². The third kappa shape index (κ3) is 4.88. The maximum atomic E-state index is 6.37. The predicted octanol–water partition coefficient (Wildman–Crippen LogP) is 7.30. The molecular formula is C18H25BrCl2. The molecule has 0 atom stereocenters. The summed E-state index contributed by atoms with van der Waals surface area (Å²) in [6.45, 7) is 2.29. The van der Waals surface area contributed by atoms with Crippen molar-refractivity contribution in [2.75, 3.05) is 5.33 Å². The third-order valence-corrected chi connectivity index (χ3v) is 6.77. The molecule has 0 aliphatic heterocycles. The van der Waals surface area contributed by atoms with E-state index in [0.717, 1.165) is 27.7 Å². The molecule has 0 spiro atoms. The molecule has 0 heterocycles. The molecule has 1 aromatic carbocycles. The van der Waals surface area contributed by atoms with Gasteiger partial charge < -0.3 is 0 Å². The molecule has 21 heavy (non-hydrogen) atoms. The first-order valence-corrected chi connectivity index (χ1v) is 9.96. The highest BCUT2D eigenvalue weighted by Crippen LogP contribution is 2.45. The van der Waals surface area contributed by atoms with E-state index in [0.29, 0.717) is 5.41 Å². The monoisotopic (exact) mass is 390 g/mol. The van der Waals surface area contributed by atoms with Crippen LogP contribution in [0.25, 0.3) is 0 Å². The van der Waals surface area contributed by atoms with Crippen LogP contribution in [0.5, 0.6) is 0 Å². The lowest BCUT2D eigenvalue weighted by Gasteiger charge is -2.39. The minimum atomic E-state index is 0.375. The Labute approximate surface area is 147 Å². The van der Waals surface area contributed by atoms with Gasteiger partial charge in [0.15, 0.2) is 0 Å². The topological polar surface area (TPSA) is 0 Å². The SMILES string of the molecule is CCCCC1CCC(CBr)(Cc2ccc(Cl)cc2Cl)CC1. The molecule has 1 fully saturated rings. The highest BCUT2D eigenvalue weighted by Gasteiger charge is 2.34. The van der Waals surface area contributed by atoms with E-state index in [9.17, 15) is 0 Å². The van der Waals surface area contributed by atoms with Gasteiger partial charge in [0, 0.05) is 15.4 Å². The number of benzene rings is 1. The molecular weight excluding hydrogens is 367 g/mol. The quantitative estimate of drug-likeness (QED) is 0.446. The van der Waals surface area contributed by atoms with Crippen molar-refractivity contribution in [3.05, 3.63) is 33.8 Å². The second-order valence-electron chi connectivity index (χ2n) is 6.63. The molecule has 0 saturated heterocycles. The van der Waals surface area contributed by atoms with E-state index in [2.05, 4.69) is 28.9 Å². The second kappa shape index (κ2) is 8.22. The molecule has 2 rings (SSSR count). The summed E-state index contributed by atoms with van der Waals surface area (Å²) in [6.07, 6.45) is 10.5. The fourth-order valence-electron chi connectivity index (χ4n) is 3.50. The minimum absolute atomic E-state index is 0.375. The molecule has 0 N–H and O–H groups in total. The Balaban J connectivity index is 1.99. The predicted molar refractivity (Wildman–Crippen MR) is 97.9 cm³/mol. The van der Waals surface area contributed by atoms with E-state index >= 15 is 0 Å². The summed E-state index contributed by atoms with van der Waals surface area (Å²) < 4.78 is 0. The van der Waals surface area contributed by atoms with Crippen molar-refractivity contribution in [2.45, 2.75) is 58.3 Å². The van der Waals surface area contributed by atoms with Crippen LogP contribution in [-0.2, 0) is 6.42 Å². The van der Waals surface area contributed by atoms with Crippen LogP contribution in [0.4, 0.5) is 0 Å². The molecule has 1 aliphatic carbocycles. The second-order valence-corrected chi connectivity index (χ2v) is 8.04. The molecule has 0 nitrogen and oxygen atoms in total. The minimum Gasteiger partial charge on any atom is -0.0922 e. The van der Waals surface area contributed by atoms with Crippen molar-refractivity contribution in [1.82, 2.24) is 0 Å². The van der Waals surface area contributed by atoms with Crippen molar-refractivity contribution < 1.29 is 0 Å². The lowest BCUT2D eigenvalue weighted by Crippen LogP contribution is -2.31. The largest absolute Gasteiger partial charge is 0.0922 e. The molecule has 0 radical (unpaired) electrons. The lowest BCUT2D eigenvalue weighted by atomic mass is 9.68. The van der Waals surface area contributed by atoms with Gasteiger partial charge in [-0.25, -0.2) is 0 Å². The van der Waals surface area contributed by atoms with Crippen LogP contribution < -0.4 is 0 Å². The van der Waals surface area contributed by atoms with Gasteiger partial charge in [0.1, 0.15) is 0 Å². The Bertz CT molecular complexity index is 451. The highest BCUT2D eigenvalue weighted by molar-refractivity contribution is 9.09. The standard InChI is InChI=1S/C18H25BrCl2/c1-2-3-4-14-7-9-18(13-19,10-8-14)12-15-5-6-16(20)11-17(15)21/h5-6,11,14H,2-4,7-10,12-13H2,1H3. The van der Waals surface area contributed by atoms with Gasteiger partial charge in [0.2, 0.25) is 0 Å². The Morgan fingerprint density at radius 3 is 2.52 bits per heavy atom. The number of rotatable bonds is 6. The Morgan fingerprint density at radius 2 is 1.95 bits per heavy atom. The zero-order chi connectivity index (χ0) is 15.3. The van der Waals surface area contributed by atoms with Gasteiger partial charge in [-0.2, -0.15) is 0 Å². The fourth-order valence-corrected chi connectivity index (χ4v) is 4.73. The van der Waals surface area contributed by atoms with Crippen molar-refractivity contribution in [3.8, 4) is 0 Å². The Hall–Kier alpha value is 0.280. The van der Waals surface area contributed by atoms with Crippen molar-refractivity contribution in [3.63, 3.8) is 0 Å². The lowest BCUT2D eigenvalue weighted by molar-refractivity contribution is 0.169. The maximum Gasteiger partial charge on any atom is 0.0453 e. The number of unbranched alkanes of at least 4 members (excludes halogenated alkanes) is 1. The van der Waals surface area contributed by atoms with Crippen LogP contribution in [0.3, 0.4) is 0 Å². The number of hydrogen-bond donors (Lipinski definition) is 0. The number of hydrogen-bond acceptors (Lipinski definition) is 0. The van der Waals surface area contributed by atoms with Crippen LogP contribution >= 0.6 is 39.1 Å². The molecule has 3 heteroatoms. The number of halogens is 3. The zero-order valence-electron chi connectivity index (χ0n) is 12.8. The van der Waals surface area contributed by atoms with Crippen LogP contribution in [0.2, 0.25) is 10.0 Å². The van der Waals surface area contributed by atoms with Crippen LogP contribution in [0.15, 0.2) is 18.2 Å². The van der Waals surface area contributed by atoms with E-state index in [4.69, 9.17) is 23.2 Å². The molecule has 0 aromatic heterocycles. The average Bonchev–Trinajstić information content (AvgIpc) is 2.49. The van der Waals surface area contributed by atoms with E-state index in [1.54, 1.807) is 0 Å². The van der Waals surface area contributed by atoms with Gasteiger partial charge >= 0.3 is 0 Å². The summed E-state index contributed by atoms with van der Waals surface area (Å²) in [5.74, 6) is 0.942. The van der Waals surface area contributed by atoms with Crippen LogP contribution in [0.1, 0.15) is 57.4 Å². The normalized spacial score (nSPS) is 26.0. The van der Waals surface area contributed by atoms with E-state index in [1.165, 1.54) is 50.5 Å². The van der Waals surface area contributed by atoms with E-state index in [-0.39, 0.29) is 0 Å². The van der Waals surface area contributed by atoms with Crippen molar-refractivity contribution >= 4 is 39.1 Å². The molecule has 0 bridgehead atoms. The molecule has 1 aliphatic rings. The summed E-state index contributed by atoms with van der Waals surface area (Å²) in [7, 11) is 0. The summed E-state index contributed by atoms with van der Waals surface area (Å²) in [5.41, 5.74) is 1.62. The smallest absolute Gasteiger partial charge is 0.0453 e. The summed E-state index contributed by atoms with van der Waals surface area (Å²) >= 11 is 16.1. The Morgan fingerprint density at radius 1 is 1.24 bits per heavy atom.